The number of nitriles is 1. The highest BCUT2D eigenvalue weighted by Gasteiger charge is 2.24. The minimum atomic E-state index is 0. The molecule has 1 N–H and O–H groups in total. The summed E-state index contributed by atoms with van der Waals surface area (Å²) in [6, 6.07) is 8.37. The Bertz CT molecular complexity index is 476. The summed E-state index contributed by atoms with van der Waals surface area (Å²) >= 11 is 3.50. The van der Waals surface area contributed by atoms with E-state index in [1.807, 2.05) is 12.1 Å². The number of rotatable bonds is 4. The van der Waals surface area contributed by atoms with Gasteiger partial charge in [-0.15, -0.1) is 24.8 Å². The van der Waals surface area contributed by atoms with E-state index in [2.05, 4.69) is 38.3 Å². The molecule has 1 fully saturated rings. The Morgan fingerprint density at radius 3 is 2.62 bits per heavy atom. The summed E-state index contributed by atoms with van der Waals surface area (Å²) in [5.74, 6) is 0.849. The van der Waals surface area contributed by atoms with Crippen molar-refractivity contribution in [2.24, 2.45) is 0 Å². The Morgan fingerprint density at radius 1 is 1.38 bits per heavy atom. The number of methoxy groups -OCH3 is 1. The van der Waals surface area contributed by atoms with Gasteiger partial charge in [-0.3, -0.25) is 4.90 Å². The molecule has 1 aromatic rings. The van der Waals surface area contributed by atoms with Crippen LogP contribution in [0.4, 0.5) is 0 Å². The summed E-state index contributed by atoms with van der Waals surface area (Å²) in [5, 5.41) is 12.5. The second-order valence-electron chi connectivity index (χ2n) is 4.55. The quantitative estimate of drug-likeness (QED) is 0.849. The molecular formula is C14H20BrCl2N3O. The van der Waals surface area contributed by atoms with Crippen LogP contribution in [0.25, 0.3) is 0 Å². The van der Waals surface area contributed by atoms with Gasteiger partial charge in [-0.25, -0.2) is 0 Å². The van der Waals surface area contributed by atoms with Gasteiger partial charge in [0.2, 0.25) is 0 Å². The summed E-state index contributed by atoms with van der Waals surface area (Å²) in [6.07, 6.45) is 0.479. The van der Waals surface area contributed by atoms with Crippen molar-refractivity contribution in [2.45, 2.75) is 12.5 Å². The van der Waals surface area contributed by atoms with Gasteiger partial charge in [0.25, 0.3) is 0 Å². The minimum absolute atomic E-state index is 0. The number of benzene rings is 1. The van der Waals surface area contributed by atoms with Crippen LogP contribution in [-0.4, -0.2) is 38.2 Å². The van der Waals surface area contributed by atoms with E-state index in [9.17, 15) is 0 Å². The monoisotopic (exact) mass is 395 g/mol. The maximum Gasteiger partial charge on any atom is 0.123 e. The molecule has 1 aliphatic rings. The molecule has 1 atom stereocenters. The lowest BCUT2D eigenvalue weighted by Gasteiger charge is -2.34. The predicted molar refractivity (Wildman–Crippen MR) is 92.6 cm³/mol. The molecule has 0 aliphatic carbocycles. The highest BCUT2D eigenvalue weighted by molar-refractivity contribution is 9.10. The van der Waals surface area contributed by atoms with E-state index in [0.717, 1.165) is 42.0 Å². The Morgan fingerprint density at radius 2 is 2.05 bits per heavy atom. The second-order valence-corrected chi connectivity index (χ2v) is 5.47. The third-order valence-electron chi connectivity index (χ3n) is 3.43. The number of ether oxygens (including phenoxy) is 1. The van der Waals surface area contributed by atoms with Gasteiger partial charge >= 0.3 is 0 Å². The van der Waals surface area contributed by atoms with Gasteiger partial charge in [-0.2, -0.15) is 5.26 Å². The topological polar surface area (TPSA) is 48.3 Å². The Balaban J connectivity index is 0.00000200. The van der Waals surface area contributed by atoms with Crippen LogP contribution in [0.2, 0.25) is 0 Å². The first-order valence-electron chi connectivity index (χ1n) is 6.41. The van der Waals surface area contributed by atoms with Crippen molar-refractivity contribution in [1.82, 2.24) is 10.2 Å². The Labute approximate surface area is 146 Å². The Kier molecular flexibility index (Phi) is 10.0. The summed E-state index contributed by atoms with van der Waals surface area (Å²) in [7, 11) is 1.67. The summed E-state index contributed by atoms with van der Waals surface area (Å²) in [6.45, 7) is 3.86. The molecule has 4 nitrogen and oxygen atoms in total. The van der Waals surface area contributed by atoms with Crippen LogP contribution in [0.5, 0.6) is 5.75 Å². The van der Waals surface area contributed by atoms with E-state index in [0.29, 0.717) is 6.42 Å². The zero-order valence-corrected chi connectivity index (χ0v) is 15.1. The maximum absolute atomic E-state index is 9.12. The number of nitrogens with zero attached hydrogens (tertiary/aromatic N) is 2. The zero-order chi connectivity index (χ0) is 13.7. The molecular weight excluding hydrogens is 377 g/mol. The van der Waals surface area contributed by atoms with E-state index in [4.69, 9.17) is 10.00 Å². The Hall–Kier alpha value is -0.510. The minimum Gasteiger partial charge on any atom is -0.496 e. The average Bonchev–Trinajstić information content (AvgIpc) is 2.45. The van der Waals surface area contributed by atoms with E-state index in [1.165, 1.54) is 0 Å². The fraction of sp³-hybridized carbons (Fsp3) is 0.500. The molecule has 0 spiro atoms. The summed E-state index contributed by atoms with van der Waals surface area (Å²) < 4.78 is 6.46. The molecule has 1 saturated heterocycles. The SMILES string of the molecule is COc1ccc(Br)cc1[C@H](CC#N)N1CCNCC1.Cl.Cl. The molecule has 2 rings (SSSR count). The molecule has 0 unspecified atom stereocenters. The zero-order valence-electron chi connectivity index (χ0n) is 11.8. The van der Waals surface area contributed by atoms with E-state index in [-0.39, 0.29) is 30.9 Å². The van der Waals surface area contributed by atoms with Gasteiger partial charge < -0.3 is 10.1 Å². The van der Waals surface area contributed by atoms with Crippen molar-refractivity contribution in [1.29, 1.82) is 5.26 Å². The van der Waals surface area contributed by atoms with Crippen molar-refractivity contribution >= 4 is 40.7 Å². The molecule has 0 aromatic heterocycles. The highest BCUT2D eigenvalue weighted by atomic mass is 79.9. The lowest BCUT2D eigenvalue weighted by molar-refractivity contribution is 0.172. The van der Waals surface area contributed by atoms with E-state index < -0.39 is 0 Å². The lowest BCUT2D eigenvalue weighted by atomic mass is 10.0. The number of halogens is 3. The third kappa shape index (κ3) is 5.32. The third-order valence-corrected chi connectivity index (χ3v) is 3.92. The van der Waals surface area contributed by atoms with Crippen LogP contribution >= 0.6 is 40.7 Å². The van der Waals surface area contributed by atoms with Crippen molar-refractivity contribution in [3.05, 3.63) is 28.2 Å². The van der Waals surface area contributed by atoms with Crippen LogP contribution in [0.15, 0.2) is 22.7 Å². The van der Waals surface area contributed by atoms with Crippen LogP contribution in [-0.2, 0) is 0 Å². The first kappa shape index (κ1) is 20.5. The first-order valence-corrected chi connectivity index (χ1v) is 7.20. The molecule has 1 aliphatic heterocycles. The van der Waals surface area contributed by atoms with Gasteiger partial charge in [0.1, 0.15) is 5.75 Å². The number of hydrogen-bond acceptors (Lipinski definition) is 4. The van der Waals surface area contributed by atoms with Crippen LogP contribution < -0.4 is 10.1 Å². The fourth-order valence-electron chi connectivity index (χ4n) is 2.48. The molecule has 0 bridgehead atoms. The van der Waals surface area contributed by atoms with Gasteiger partial charge in [-0.1, -0.05) is 15.9 Å². The largest absolute Gasteiger partial charge is 0.496 e. The van der Waals surface area contributed by atoms with Crippen molar-refractivity contribution in [3.8, 4) is 11.8 Å². The smallest absolute Gasteiger partial charge is 0.123 e. The van der Waals surface area contributed by atoms with Crippen LogP contribution in [0, 0.1) is 11.3 Å². The van der Waals surface area contributed by atoms with E-state index in [1.54, 1.807) is 7.11 Å². The van der Waals surface area contributed by atoms with Crippen LogP contribution in [0.1, 0.15) is 18.0 Å². The van der Waals surface area contributed by atoms with Crippen molar-refractivity contribution in [2.75, 3.05) is 33.3 Å². The molecule has 7 heteroatoms. The first-order chi connectivity index (χ1) is 9.26. The number of piperazine rings is 1. The van der Waals surface area contributed by atoms with Gasteiger partial charge in [0.15, 0.2) is 0 Å². The normalized spacial score (nSPS) is 16.0. The summed E-state index contributed by atoms with van der Waals surface area (Å²) in [5.41, 5.74) is 1.08. The molecule has 0 saturated carbocycles. The van der Waals surface area contributed by atoms with Gasteiger partial charge in [0.05, 0.1) is 25.6 Å². The standard InChI is InChI=1S/C14H18BrN3O.2ClH/c1-19-14-3-2-11(15)10-12(14)13(4-5-16)18-8-6-17-7-9-18;;/h2-3,10,13,17H,4,6-9H2,1H3;2*1H/t13-;;/m0../s1. The van der Waals surface area contributed by atoms with Crippen molar-refractivity contribution in [3.63, 3.8) is 0 Å². The molecule has 1 aromatic carbocycles. The molecule has 0 radical (unpaired) electrons. The number of nitrogens with one attached hydrogen (secondary N) is 1. The van der Waals surface area contributed by atoms with E-state index >= 15 is 0 Å². The molecule has 118 valence electrons. The predicted octanol–water partition coefficient (Wildman–Crippen LogP) is 3.16. The second kappa shape index (κ2) is 10.3. The molecule has 0 amide bonds. The van der Waals surface area contributed by atoms with Crippen LogP contribution in [0.3, 0.4) is 0 Å². The average molecular weight is 397 g/mol. The number of hydrogen-bond donors (Lipinski definition) is 1. The highest BCUT2D eigenvalue weighted by Crippen LogP contribution is 2.34. The summed E-state index contributed by atoms with van der Waals surface area (Å²) in [4.78, 5) is 2.35. The fourth-order valence-corrected chi connectivity index (χ4v) is 2.86. The van der Waals surface area contributed by atoms with Crippen molar-refractivity contribution < 1.29 is 4.74 Å². The molecule has 1 heterocycles. The van der Waals surface area contributed by atoms with Gasteiger partial charge in [-0.05, 0) is 18.2 Å². The lowest BCUT2D eigenvalue weighted by Crippen LogP contribution is -2.45. The molecule has 21 heavy (non-hydrogen) atoms. The maximum atomic E-state index is 9.12. The van der Waals surface area contributed by atoms with Gasteiger partial charge in [0, 0.05) is 36.2 Å².